The third-order valence-corrected chi connectivity index (χ3v) is 4.86. The molecule has 0 amide bonds. The first-order valence-corrected chi connectivity index (χ1v) is 7.64. The van der Waals surface area contributed by atoms with E-state index in [0.717, 1.165) is 32.0 Å². The van der Waals surface area contributed by atoms with E-state index in [4.69, 9.17) is 0 Å². The number of hydrogen-bond acceptors (Lipinski definition) is 5. The van der Waals surface area contributed by atoms with Crippen LogP contribution in [0.1, 0.15) is 5.69 Å². The fraction of sp³-hybridized carbons (Fsp3) is 0.143. The van der Waals surface area contributed by atoms with Gasteiger partial charge in [0.25, 0.3) is 0 Å². The van der Waals surface area contributed by atoms with E-state index >= 15 is 0 Å². The number of anilines is 1. The lowest BCUT2D eigenvalue weighted by molar-refractivity contribution is 1.26. The highest BCUT2D eigenvalue weighted by atomic mass is 32.1. The maximum absolute atomic E-state index is 4.66. The van der Waals surface area contributed by atoms with Gasteiger partial charge in [0.15, 0.2) is 5.13 Å². The number of benzene rings is 1. The van der Waals surface area contributed by atoms with Gasteiger partial charge in [0.1, 0.15) is 5.01 Å². The molecule has 3 rings (SSSR count). The number of hydrogen-bond donors (Lipinski definition) is 1. The summed E-state index contributed by atoms with van der Waals surface area (Å²) in [7, 11) is 1.89. The number of thiazole rings is 2. The van der Waals surface area contributed by atoms with Gasteiger partial charge in [-0.1, -0.05) is 30.3 Å². The zero-order valence-corrected chi connectivity index (χ0v) is 12.3. The van der Waals surface area contributed by atoms with Crippen molar-refractivity contribution in [1.29, 1.82) is 0 Å². The molecule has 0 saturated carbocycles. The summed E-state index contributed by atoms with van der Waals surface area (Å²) in [6.07, 6.45) is 0. The number of nitrogens with zero attached hydrogens (tertiary/aromatic N) is 2. The van der Waals surface area contributed by atoms with Gasteiger partial charge < -0.3 is 5.32 Å². The molecule has 2 heterocycles. The predicted molar refractivity (Wildman–Crippen MR) is 82.9 cm³/mol. The maximum atomic E-state index is 4.66. The lowest BCUT2D eigenvalue weighted by atomic mass is 10.2. The molecule has 1 aromatic carbocycles. The van der Waals surface area contributed by atoms with Gasteiger partial charge in [-0.25, -0.2) is 9.97 Å². The minimum Gasteiger partial charge on any atom is -0.365 e. The summed E-state index contributed by atoms with van der Waals surface area (Å²) in [5.41, 5.74) is 3.20. The van der Waals surface area contributed by atoms with Crippen LogP contribution >= 0.6 is 22.7 Å². The molecule has 0 saturated heterocycles. The SMILES string of the molecule is CNc1nc(-c2sc(-c3ccccc3)nc2C)cs1. The Labute approximate surface area is 120 Å². The molecule has 0 aliphatic rings. The summed E-state index contributed by atoms with van der Waals surface area (Å²) in [6, 6.07) is 10.3. The van der Waals surface area contributed by atoms with Crippen molar-refractivity contribution >= 4 is 27.8 Å². The van der Waals surface area contributed by atoms with Gasteiger partial charge in [0.05, 0.1) is 16.3 Å². The summed E-state index contributed by atoms with van der Waals surface area (Å²) < 4.78 is 0. The standard InChI is InChI=1S/C14H13N3S2/c1-9-12(11-8-18-14(15-2)17-11)19-13(16-9)10-6-4-3-5-7-10/h3-8H,1-2H3,(H,15,17). The van der Waals surface area contributed by atoms with Crippen molar-refractivity contribution in [3.05, 3.63) is 41.4 Å². The lowest BCUT2D eigenvalue weighted by Gasteiger charge is -1.93. The first-order chi connectivity index (χ1) is 9.28. The second kappa shape index (κ2) is 5.11. The summed E-state index contributed by atoms with van der Waals surface area (Å²) in [5.74, 6) is 0. The highest BCUT2D eigenvalue weighted by molar-refractivity contribution is 7.19. The van der Waals surface area contributed by atoms with Crippen molar-refractivity contribution in [2.24, 2.45) is 0 Å². The van der Waals surface area contributed by atoms with Crippen molar-refractivity contribution in [3.8, 4) is 21.1 Å². The molecule has 3 nitrogen and oxygen atoms in total. The van der Waals surface area contributed by atoms with Gasteiger partial charge in [0.2, 0.25) is 0 Å². The van der Waals surface area contributed by atoms with Crippen LogP contribution in [0, 0.1) is 6.92 Å². The molecular weight excluding hydrogens is 274 g/mol. The number of aryl methyl sites for hydroxylation is 1. The van der Waals surface area contributed by atoms with Gasteiger partial charge in [-0.05, 0) is 6.92 Å². The van der Waals surface area contributed by atoms with Crippen molar-refractivity contribution in [1.82, 2.24) is 9.97 Å². The van der Waals surface area contributed by atoms with Crippen LogP contribution < -0.4 is 5.32 Å². The molecule has 0 unspecified atom stereocenters. The Morgan fingerprint density at radius 2 is 1.89 bits per heavy atom. The Bertz CT molecular complexity index is 686. The zero-order valence-electron chi connectivity index (χ0n) is 10.7. The van der Waals surface area contributed by atoms with E-state index in [0.29, 0.717) is 0 Å². The van der Waals surface area contributed by atoms with Crippen molar-refractivity contribution in [2.75, 3.05) is 12.4 Å². The minimum absolute atomic E-state index is 0.934. The Kier molecular flexibility index (Phi) is 3.31. The average Bonchev–Trinajstić information content (AvgIpc) is 3.06. The van der Waals surface area contributed by atoms with Gasteiger partial charge in [-0.3, -0.25) is 0 Å². The highest BCUT2D eigenvalue weighted by Gasteiger charge is 2.13. The molecule has 19 heavy (non-hydrogen) atoms. The van der Waals surface area contributed by atoms with Gasteiger partial charge in [0, 0.05) is 18.0 Å². The largest absolute Gasteiger partial charge is 0.365 e. The Balaban J connectivity index is 2.02. The van der Waals surface area contributed by atoms with E-state index in [1.165, 1.54) is 0 Å². The quantitative estimate of drug-likeness (QED) is 0.781. The average molecular weight is 287 g/mol. The van der Waals surface area contributed by atoms with Crippen LogP contribution in [-0.2, 0) is 0 Å². The fourth-order valence-electron chi connectivity index (χ4n) is 1.83. The van der Waals surface area contributed by atoms with E-state index in [-0.39, 0.29) is 0 Å². The maximum Gasteiger partial charge on any atom is 0.182 e. The molecule has 0 aliphatic carbocycles. The van der Waals surface area contributed by atoms with Crippen LogP contribution in [0.5, 0.6) is 0 Å². The third-order valence-electron chi connectivity index (χ3n) is 2.77. The molecule has 5 heteroatoms. The van der Waals surface area contributed by atoms with E-state index in [1.807, 2.05) is 32.2 Å². The molecule has 0 bridgehead atoms. The van der Waals surface area contributed by atoms with Crippen molar-refractivity contribution in [2.45, 2.75) is 6.92 Å². The fourth-order valence-corrected chi connectivity index (χ4v) is 3.60. The summed E-state index contributed by atoms with van der Waals surface area (Å²) in [6.45, 7) is 2.04. The molecule has 0 radical (unpaired) electrons. The molecule has 0 spiro atoms. The molecular formula is C14H13N3S2. The second-order valence-corrected chi connectivity index (χ2v) is 5.94. The molecule has 0 fully saturated rings. The molecule has 0 aliphatic heterocycles. The molecule has 96 valence electrons. The predicted octanol–water partition coefficient (Wildman–Crippen LogP) is 4.28. The normalized spacial score (nSPS) is 10.6. The summed E-state index contributed by atoms with van der Waals surface area (Å²) >= 11 is 3.31. The monoisotopic (exact) mass is 287 g/mol. The first kappa shape index (κ1) is 12.3. The Morgan fingerprint density at radius 3 is 2.58 bits per heavy atom. The van der Waals surface area contributed by atoms with E-state index < -0.39 is 0 Å². The van der Waals surface area contributed by atoms with Crippen LogP contribution in [0.15, 0.2) is 35.7 Å². The number of rotatable bonds is 3. The van der Waals surface area contributed by atoms with Crippen LogP contribution in [-0.4, -0.2) is 17.0 Å². The Morgan fingerprint density at radius 1 is 1.11 bits per heavy atom. The molecule has 3 aromatic rings. The minimum atomic E-state index is 0.934. The third kappa shape index (κ3) is 2.39. The van der Waals surface area contributed by atoms with Gasteiger partial charge in [-0.2, -0.15) is 0 Å². The summed E-state index contributed by atoms with van der Waals surface area (Å²) in [4.78, 5) is 10.3. The highest BCUT2D eigenvalue weighted by Crippen LogP contribution is 2.36. The molecule has 2 aromatic heterocycles. The van der Waals surface area contributed by atoms with Crippen LogP contribution in [0.25, 0.3) is 21.1 Å². The molecule has 0 atom stereocenters. The van der Waals surface area contributed by atoms with Gasteiger partial charge >= 0.3 is 0 Å². The second-order valence-electron chi connectivity index (χ2n) is 4.09. The zero-order chi connectivity index (χ0) is 13.2. The van der Waals surface area contributed by atoms with Crippen LogP contribution in [0.4, 0.5) is 5.13 Å². The first-order valence-electron chi connectivity index (χ1n) is 5.94. The van der Waals surface area contributed by atoms with Crippen molar-refractivity contribution < 1.29 is 0 Å². The van der Waals surface area contributed by atoms with Crippen LogP contribution in [0.3, 0.4) is 0 Å². The molecule has 1 N–H and O–H groups in total. The smallest absolute Gasteiger partial charge is 0.182 e. The lowest BCUT2D eigenvalue weighted by Crippen LogP contribution is -1.85. The van der Waals surface area contributed by atoms with Crippen molar-refractivity contribution in [3.63, 3.8) is 0 Å². The van der Waals surface area contributed by atoms with E-state index in [2.05, 4.69) is 32.8 Å². The van der Waals surface area contributed by atoms with Gasteiger partial charge in [-0.15, -0.1) is 22.7 Å². The van der Waals surface area contributed by atoms with E-state index in [1.54, 1.807) is 22.7 Å². The number of nitrogens with one attached hydrogen (secondary N) is 1. The topological polar surface area (TPSA) is 37.8 Å². The Hall–Kier alpha value is -1.72. The van der Waals surface area contributed by atoms with E-state index in [9.17, 15) is 0 Å². The number of aromatic nitrogens is 2. The summed E-state index contributed by atoms with van der Waals surface area (Å²) in [5, 5.41) is 7.12. The van der Waals surface area contributed by atoms with Crippen LogP contribution in [0.2, 0.25) is 0 Å².